The summed E-state index contributed by atoms with van der Waals surface area (Å²) in [7, 11) is 1.79. The Morgan fingerprint density at radius 1 is 1.26 bits per heavy atom. The van der Waals surface area contributed by atoms with Crippen LogP contribution in [0.15, 0.2) is 55.0 Å². The van der Waals surface area contributed by atoms with Crippen LogP contribution in [0.25, 0.3) is 10.8 Å². The summed E-state index contributed by atoms with van der Waals surface area (Å²) >= 11 is 0. The number of fused-ring (bicyclic) bond motifs is 1. The SMILES string of the molecule is CN(Cc1cccc2ccccc12)C(=O)[C@@H](N)Cc1cnc[nH]1. The zero-order chi connectivity index (χ0) is 16.2. The van der Waals surface area contributed by atoms with E-state index in [-0.39, 0.29) is 5.91 Å². The fourth-order valence-electron chi connectivity index (χ4n) is 2.77. The molecule has 3 N–H and O–H groups in total. The molecular formula is C18H20N4O. The lowest BCUT2D eigenvalue weighted by atomic mass is 10.0. The summed E-state index contributed by atoms with van der Waals surface area (Å²) in [5.41, 5.74) is 8.02. The second kappa shape index (κ2) is 6.62. The molecule has 5 heteroatoms. The van der Waals surface area contributed by atoms with Gasteiger partial charge in [0.25, 0.3) is 0 Å². The number of aromatic nitrogens is 2. The quantitative estimate of drug-likeness (QED) is 0.758. The van der Waals surface area contributed by atoms with Gasteiger partial charge >= 0.3 is 0 Å². The third-order valence-corrected chi connectivity index (χ3v) is 3.98. The minimum atomic E-state index is -0.574. The highest BCUT2D eigenvalue weighted by atomic mass is 16.2. The summed E-state index contributed by atoms with van der Waals surface area (Å²) in [5.74, 6) is -0.0764. The number of aromatic amines is 1. The van der Waals surface area contributed by atoms with Crippen molar-refractivity contribution in [2.45, 2.75) is 19.0 Å². The van der Waals surface area contributed by atoms with Crippen molar-refractivity contribution in [1.29, 1.82) is 0 Å². The van der Waals surface area contributed by atoms with Gasteiger partial charge in [-0.05, 0) is 16.3 Å². The molecule has 2 aromatic carbocycles. The molecule has 0 unspecified atom stereocenters. The van der Waals surface area contributed by atoms with Gasteiger partial charge in [0.15, 0.2) is 0 Å². The van der Waals surface area contributed by atoms with E-state index in [0.717, 1.165) is 16.6 Å². The van der Waals surface area contributed by atoms with Gasteiger partial charge in [-0.3, -0.25) is 4.79 Å². The minimum Gasteiger partial charge on any atom is -0.348 e. The third kappa shape index (κ3) is 3.40. The highest BCUT2D eigenvalue weighted by Crippen LogP contribution is 2.19. The number of carbonyl (C=O) groups excluding carboxylic acids is 1. The van der Waals surface area contributed by atoms with E-state index in [2.05, 4.69) is 28.2 Å². The molecule has 1 atom stereocenters. The van der Waals surface area contributed by atoms with Crippen molar-refractivity contribution in [2.75, 3.05) is 7.05 Å². The Balaban J connectivity index is 1.72. The van der Waals surface area contributed by atoms with Crippen LogP contribution in [0.3, 0.4) is 0 Å². The first kappa shape index (κ1) is 15.2. The molecule has 0 radical (unpaired) electrons. The average Bonchev–Trinajstić information content (AvgIpc) is 3.07. The second-order valence-corrected chi connectivity index (χ2v) is 5.72. The maximum atomic E-state index is 12.5. The summed E-state index contributed by atoms with van der Waals surface area (Å²) in [6.45, 7) is 0.539. The molecule has 23 heavy (non-hydrogen) atoms. The van der Waals surface area contributed by atoms with Crippen molar-refractivity contribution in [3.8, 4) is 0 Å². The number of benzene rings is 2. The Hall–Kier alpha value is -2.66. The first-order chi connectivity index (χ1) is 11.1. The van der Waals surface area contributed by atoms with Crippen LogP contribution in [0.5, 0.6) is 0 Å². The average molecular weight is 308 g/mol. The van der Waals surface area contributed by atoms with Crippen molar-refractivity contribution in [3.63, 3.8) is 0 Å². The second-order valence-electron chi connectivity index (χ2n) is 5.72. The zero-order valence-corrected chi connectivity index (χ0v) is 13.1. The zero-order valence-electron chi connectivity index (χ0n) is 13.1. The number of likely N-dealkylation sites (N-methyl/N-ethyl adjacent to an activating group) is 1. The molecule has 0 bridgehead atoms. The molecule has 1 aromatic heterocycles. The van der Waals surface area contributed by atoms with Crippen LogP contribution in [0.4, 0.5) is 0 Å². The van der Waals surface area contributed by atoms with E-state index in [1.807, 2.05) is 24.3 Å². The Bertz CT molecular complexity index is 792. The van der Waals surface area contributed by atoms with Crippen molar-refractivity contribution < 1.29 is 4.79 Å². The van der Waals surface area contributed by atoms with Crippen LogP contribution in [0.2, 0.25) is 0 Å². The predicted octanol–water partition coefficient (Wildman–Crippen LogP) is 2.09. The summed E-state index contributed by atoms with van der Waals surface area (Å²) in [5, 5.41) is 2.34. The molecule has 0 fully saturated rings. The topological polar surface area (TPSA) is 75.0 Å². The number of carbonyl (C=O) groups is 1. The first-order valence-electron chi connectivity index (χ1n) is 7.59. The van der Waals surface area contributed by atoms with Crippen LogP contribution in [-0.4, -0.2) is 33.9 Å². The van der Waals surface area contributed by atoms with E-state index < -0.39 is 6.04 Å². The van der Waals surface area contributed by atoms with Crippen LogP contribution in [0, 0.1) is 0 Å². The number of imidazole rings is 1. The number of hydrogen-bond donors (Lipinski definition) is 2. The Morgan fingerprint density at radius 2 is 2.04 bits per heavy atom. The highest BCUT2D eigenvalue weighted by molar-refractivity contribution is 5.86. The van der Waals surface area contributed by atoms with Gasteiger partial charge in [-0.15, -0.1) is 0 Å². The van der Waals surface area contributed by atoms with Crippen molar-refractivity contribution in [2.24, 2.45) is 5.73 Å². The number of nitrogens with zero attached hydrogens (tertiary/aromatic N) is 2. The number of nitrogens with two attached hydrogens (primary N) is 1. The fourth-order valence-corrected chi connectivity index (χ4v) is 2.77. The first-order valence-corrected chi connectivity index (χ1v) is 7.59. The summed E-state index contributed by atoms with van der Waals surface area (Å²) < 4.78 is 0. The largest absolute Gasteiger partial charge is 0.348 e. The lowest BCUT2D eigenvalue weighted by molar-refractivity contribution is -0.131. The van der Waals surface area contributed by atoms with E-state index in [1.165, 1.54) is 5.39 Å². The summed E-state index contributed by atoms with van der Waals surface area (Å²) in [6, 6.07) is 13.7. The Kier molecular flexibility index (Phi) is 4.39. The molecule has 118 valence electrons. The summed E-state index contributed by atoms with van der Waals surface area (Å²) in [6.07, 6.45) is 3.74. The predicted molar refractivity (Wildman–Crippen MR) is 90.7 cm³/mol. The summed E-state index contributed by atoms with van der Waals surface area (Å²) in [4.78, 5) is 21.1. The molecule has 3 aromatic rings. The maximum absolute atomic E-state index is 12.5. The van der Waals surface area contributed by atoms with Gasteiger partial charge in [0, 0.05) is 31.9 Å². The molecule has 0 aliphatic heterocycles. The lowest BCUT2D eigenvalue weighted by Crippen LogP contribution is -2.42. The molecular weight excluding hydrogens is 288 g/mol. The van der Waals surface area contributed by atoms with Gasteiger partial charge in [-0.25, -0.2) is 4.98 Å². The lowest BCUT2D eigenvalue weighted by Gasteiger charge is -2.22. The van der Waals surface area contributed by atoms with Gasteiger partial charge in [-0.1, -0.05) is 42.5 Å². The standard InChI is InChI=1S/C18H20N4O/c1-22(18(23)17(19)9-15-10-20-12-21-15)11-14-7-4-6-13-5-2-3-8-16(13)14/h2-8,10,12,17H,9,11,19H2,1H3,(H,20,21)/t17-/m0/s1. The molecule has 3 rings (SSSR count). The highest BCUT2D eigenvalue weighted by Gasteiger charge is 2.19. The minimum absolute atomic E-state index is 0.0764. The molecule has 1 amide bonds. The van der Waals surface area contributed by atoms with Gasteiger partial charge < -0.3 is 15.6 Å². The van der Waals surface area contributed by atoms with Crippen molar-refractivity contribution >= 4 is 16.7 Å². The van der Waals surface area contributed by atoms with Crippen molar-refractivity contribution in [1.82, 2.24) is 14.9 Å². The number of H-pyrrole nitrogens is 1. The maximum Gasteiger partial charge on any atom is 0.239 e. The fraction of sp³-hybridized carbons (Fsp3) is 0.222. The van der Waals surface area contributed by atoms with Crippen LogP contribution in [0.1, 0.15) is 11.3 Å². The molecule has 5 nitrogen and oxygen atoms in total. The van der Waals surface area contributed by atoms with Gasteiger partial charge in [0.1, 0.15) is 0 Å². The molecule has 1 heterocycles. The molecule has 0 aliphatic carbocycles. The smallest absolute Gasteiger partial charge is 0.239 e. The van der Waals surface area contributed by atoms with E-state index in [4.69, 9.17) is 5.73 Å². The van der Waals surface area contributed by atoms with Gasteiger partial charge in [-0.2, -0.15) is 0 Å². The van der Waals surface area contributed by atoms with Gasteiger partial charge in [0.05, 0.1) is 12.4 Å². The number of rotatable bonds is 5. The number of nitrogens with one attached hydrogen (secondary N) is 1. The monoisotopic (exact) mass is 308 g/mol. The normalized spacial score (nSPS) is 12.3. The van der Waals surface area contributed by atoms with Crippen LogP contribution >= 0.6 is 0 Å². The third-order valence-electron chi connectivity index (χ3n) is 3.98. The molecule has 0 spiro atoms. The number of amides is 1. The van der Waals surface area contributed by atoms with Crippen LogP contribution < -0.4 is 5.73 Å². The Morgan fingerprint density at radius 3 is 2.83 bits per heavy atom. The van der Waals surface area contributed by atoms with E-state index >= 15 is 0 Å². The van der Waals surface area contributed by atoms with Crippen LogP contribution in [-0.2, 0) is 17.8 Å². The molecule has 0 aliphatic rings. The molecule has 0 saturated carbocycles. The van der Waals surface area contributed by atoms with Crippen molar-refractivity contribution in [3.05, 3.63) is 66.2 Å². The molecule has 0 saturated heterocycles. The Labute approximate surface area is 135 Å². The van der Waals surface area contributed by atoms with E-state index in [1.54, 1.807) is 24.5 Å². The number of hydrogen-bond acceptors (Lipinski definition) is 3. The van der Waals surface area contributed by atoms with Gasteiger partial charge in [0.2, 0.25) is 5.91 Å². The van der Waals surface area contributed by atoms with E-state index in [9.17, 15) is 4.79 Å². The van der Waals surface area contributed by atoms with E-state index in [0.29, 0.717) is 13.0 Å².